The second kappa shape index (κ2) is 6.14. The van der Waals surface area contributed by atoms with Gasteiger partial charge in [0.15, 0.2) is 0 Å². The fourth-order valence-electron chi connectivity index (χ4n) is 1.40. The van der Waals surface area contributed by atoms with Gasteiger partial charge in [-0.25, -0.2) is 4.39 Å². The number of hydrogen-bond acceptors (Lipinski definition) is 2. The lowest BCUT2D eigenvalue weighted by molar-refractivity contribution is -0.147. The quantitative estimate of drug-likeness (QED) is 0.871. The van der Waals surface area contributed by atoms with E-state index in [1.165, 1.54) is 18.2 Å². The predicted octanol–water partition coefficient (Wildman–Crippen LogP) is 2.82. The highest BCUT2D eigenvalue weighted by Crippen LogP contribution is 2.21. The third-order valence-corrected chi connectivity index (χ3v) is 3.77. The molecule has 1 amide bonds. The third kappa shape index (κ3) is 3.76. The van der Waals surface area contributed by atoms with Crippen LogP contribution in [0, 0.1) is 11.2 Å². The van der Waals surface area contributed by atoms with E-state index in [1.54, 1.807) is 13.8 Å². The summed E-state index contributed by atoms with van der Waals surface area (Å²) >= 11 is 3.10. The van der Waals surface area contributed by atoms with Gasteiger partial charge < -0.3 is 10.4 Å². The van der Waals surface area contributed by atoms with Crippen molar-refractivity contribution in [1.82, 2.24) is 5.32 Å². The van der Waals surface area contributed by atoms with Crippen LogP contribution in [0.2, 0.25) is 0 Å². The summed E-state index contributed by atoms with van der Waals surface area (Å²) in [5.74, 6) is -1.85. The molecule has 0 heterocycles. The maximum Gasteiger partial charge on any atom is 0.311 e. The van der Waals surface area contributed by atoms with E-state index in [4.69, 9.17) is 5.11 Å². The van der Waals surface area contributed by atoms with Crippen LogP contribution >= 0.6 is 15.9 Å². The van der Waals surface area contributed by atoms with E-state index in [1.807, 2.05) is 0 Å². The van der Waals surface area contributed by atoms with Crippen LogP contribution in [-0.4, -0.2) is 23.5 Å². The number of nitrogens with one attached hydrogen (secondary N) is 1. The average Bonchev–Trinajstić information content (AvgIpc) is 2.35. The van der Waals surface area contributed by atoms with Gasteiger partial charge in [0, 0.05) is 11.0 Å². The fourth-order valence-corrected chi connectivity index (χ4v) is 1.93. The van der Waals surface area contributed by atoms with Crippen molar-refractivity contribution in [3.05, 3.63) is 34.1 Å². The zero-order chi connectivity index (χ0) is 14.6. The Morgan fingerprint density at radius 2 is 2.11 bits per heavy atom. The molecule has 1 aromatic rings. The van der Waals surface area contributed by atoms with Gasteiger partial charge in [0.05, 0.1) is 11.0 Å². The van der Waals surface area contributed by atoms with Crippen LogP contribution in [0.3, 0.4) is 0 Å². The van der Waals surface area contributed by atoms with Crippen LogP contribution in [0.15, 0.2) is 22.7 Å². The number of rotatable bonds is 5. The Kier molecular flexibility index (Phi) is 5.05. The number of carbonyl (C=O) groups excluding carboxylic acids is 1. The van der Waals surface area contributed by atoms with Crippen LogP contribution in [0.4, 0.5) is 4.39 Å². The number of amides is 1. The largest absolute Gasteiger partial charge is 0.481 e. The molecule has 0 aliphatic heterocycles. The number of aliphatic carboxylic acids is 1. The Morgan fingerprint density at radius 1 is 1.47 bits per heavy atom. The monoisotopic (exact) mass is 331 g/mol. The van der Waals surface area contributed by atoms with Crippen molar-refractivity contribution in [3.63, 3.8) is 0 Å². The fraction of sp³-hybridized carbons (Fsp3) is 0.385. The van der Waals surface area contributed by atoms with E-state index < -0.39 is 23.1 Å². The van der Waals surface area contributed by atoms with Gasteiger partial charge in [0.1, 0.15) is 5.82 Å². The summed E-state index contributed by atoms with van der Waals surface area (Å²) in [4.78, 5) is 23.0. The van der Waals surface area contributed by atoms with Gasteiger partial charge in [-0.2, -0.15) is 0 Å². The lowest BCUT2D eigenvalue weighted by Gasteiger charge is -2.23. The van der Waals surface area contributed by atoms with Crippen LogP contribution < -0.4 is 5.32 Å². The van der Waals surface area contributed by atoms with Crippen LogP contribution in [0.5, 0.6) is 0 Å². The van der Waals surface area contributed by atoms with Crippen molar-refractivity contribution < 1.29 is 19.1 Å². The molecule has 0 aliphatic carbocycles. The standard InChI is InChI=1S/C13H15BrFNO3/c1-3-13(2,12(18)19)7-16-11(17)9-5-4-8(15)6-10(9)14/h4-6H,3,7H2,1-2H3,(H,16,17)(H,18,19). The Morgan fingerprint density at radius 3 is 2.58 bits per heavy atom. The number of halogens is 2. The molecule has 2 N–H and O–H groups in total. The molecule has 1 rings (SSSR count). The van der Waals surface area contributed by atoms with E-state index in [9.17, 15) is 14.0 Å². The minimum absolute atomic E-state index is 0.0154. The van der Waals surface area contributed by atoms with Crippen molar-refractivity contribution >= 4 is 27.8 Å². The summed E-state index contributed by atoms with van der Waals surface area (Å²) in [5.41, 5.74) is -0.743. The highest BCUT2D eigenvalue weighted by molar-refractivity contribution is 9.10. The predicted molar refractivity (Wildman–Crippen MR) is 72.5 cm³/mol. The van der Waals surface area contributed by atoms with Gasteiger partial charge in [0.2, 0.25) is 0 Å². The second-order valence-electron chi connectivity index (χ2n) is 4.53. The molecule has 0 fully saturated rings. The average molecular weight is 332 g/mol. The van der Waals surface area contributed by atoms with Crippen molar-refractivity contribution in [2.45, 2.75) is 20.3 Å². The first kappa shape index (κ1) is 15.6. The smallest absolute Gasteiger partial charge is 0.311 e. The maximum absolute atomic E-state index is 12.9. The van der Waals surface area contributed by atoms with Crippen LogP contribution in [0.1, 0.15) is 30.6 Å². The number of carboxylic acids is 1. The molecule has 4 nitrogen and oxygen atoms in total. The van der Waals surface area contributed by atoms with E-state index in [0.717, 1.165) is 0 Å². The van der Waals surface area contributed by atoms with E-state index in [2.05, 4.69) is 21.2 Å². The lowest BCUT2D eigenvalue weighted by atomic mass is 9.87. The lowest BCUT2D eigenvalue weighted by Crippen LogP contribution is -2.40. The summed E-state index contributed by atoms with van der Waals surface area (Å²) in [5, 5.41) is 11.7. The van der Waals surface area contributed by atoms with Crippen molar-refractivity contribution in [2.24, 2.45) is 5.41 Å². The first-order valence-corrected chi connectivity index (χ1v) is 6.56. The van der Waals surface area contributed by atoms with Gasteiger partial charge in [-0.05, 0) is 47.5 Å². The molecule has 19 heavy (non-hydrogen) atoms. The van der Waals surface area contributed by atoms with Gasteiger partial charge in [0.25, 0.3) is 5.91 Å². The molecule has 0 aromatic heterocycles. The maximum atomic E-state index is 12.9. The van der Waals surface area contributed by atoms with E-state index >= 15 is 0 Å². The minimum Gasteiger partial charge on any atom is -0.481 e. The minimum atomic E-state index is -1.01. The van der Waals surface area contributed by atoms with Gasteiger partial charge in [-0.1, -0.05) is 6.92 Å². The van der Waals surface area contributed by atoms with Gasteiger partial charge in [-0.3, -0.25) is 9.59 Å². The number of hydrogen-bond donors (Lipinski definition) is 2. The third-order valence-electron chi connectivity index (χ3n) is 3.11. The van der Waals surface area contributed by atoms with E-state index in [-0.39, 0.29) is 12.1 Å². The summed E-state index contributed by atoms with van der Waals surface area (Å²) in [6.07, 6.45) is 0.396. The van der Waals surface area contributed by atoms with E-state index in [0.29, 0.717) is 10.9 Å². The molecule has 0 aliphatic rings. The molecule has 1 unspecified atom stereocenters. The molecule has 6 heteroatoms. The highest BCUT2D eigenvalue weighted by atomic mass is 79.9. The zero-order valence-electron chi connectivity index (χ0n) is 10.7. The Labute approximate surface area is 119 Å². The first-order chi connectivity index (χ1) is 8.80. The number of benzene rings is 1. The Balaban J connectivity index is 2.78. The van der Waals surface area contributed by atoms with Crippen molar-refractivity contribution in [1.29, 1.82) is 0 Å². The van der Waals surface area contributed by atoms with Crippen LogP contribution in [-0.2, 0) is 4.79 Å². The second-order valence-corrected chi connectivity index (χ2v) is 5.38. The van der Waals surface area contributed by atoms with Gasteiger partial charge in [-0.15, -0.1) is 0 Å². The van der Waals surface area contributed by atoms with Crippen molar-refractivity contribution in [3.8, 4) is 0 Å². The molecule has 0 bridgehead atoms. The Bertz CT molecular complexity index is 507. The summed E-state index contributed by atoms with van der Waals surface area (Å²) in [6, 6.07) is 3.71. The molecular formula is C13H15BrFNO3. The topological polar surface area (TPSA) is 66.4 Å². The normalized spacial score (nSPS) is 13.7. The summed E-state index contributed by atoms with van der Waals surface area (Å²) < 4.78 is 13.2. The number of carboxylic acid groups (broad SMARTS) is 1. The molecule has 0 spiro atoms. The molecular weight excluding hydrogens is 317 g/mol. The highest BCUT2D eigenvalue weighted by Gasteiger charge is 2.31. The van der Waals surface area contributed by atoms with Gasteiger partial charge >= 0.3 is 5.97 Å². The Hall–Kier alpha value is -1.43. The first-order valence-electron chi connectivity index (χ1n) is 5.77. The molecule has 0 saturated heterocycles. The number of carbonyl (C=O) groups is 2. The summed E-state index contributed by atoms with van der Waals surface area (Å²) in [6.45, 7) is 3.32. The molecule has 0 radical (unpaired) electrons. The summed E-state index contributed by atoms with van der Waals surface area (Å²) in [7, 11) is 0. The molecule has 1 aromatic carbocycles. The molecule has 1 atom stereocenters. The van der Waals surface area contributed by atoms with Crippen LogP contribution in [0.25, 0.3) is 0 Å². The van der Waals surface area contributed by atoms with Crippen molar-refractivity contribution in [2.75, 3.05) is 6.54 Å². The molecule has 0 saturated carbocycles. The SMILES string of the molecule is CCC(C)(CNC(=O)c1ccc(F)cc1Br)C(=O)O. The molecule has 104 valence electrons. The zero-order valence-corrected chi connectivity index (χ0v) is 12.3.